The number of hydrogen-bond acceptors (Lipinski definition) is 3. The second-order valence-corrected chi connectivity index (χ2v) is 5.04. The highest BCUT2D eigenvalue weighted by atomic mass is 32.1. The number of fused-ring (bicyclic) bond motifs is 1. The molecule has 0 unspecified atom stereocenters. The molecule has 0 aliphatic rings. The lowest BCUT2D eigenvalue weighted by Crippen LogP contribution is -2.18. The Morgan fingerprint density at radius 1 is 1.39 bits per heavy atom. The van der Waals surface area contributed by atoms with Crippen LogP contribution in [0.15, 0.2) is 34.7 Å². The Morgan fingerprint density at radius 2 is 2.17 bits per heavy atom. The summed E-state index contributed by atoms with van der Waals surface area (Å²) in [6, 6.07) is 8.21. The average molecular weight is 260 g/mol. The summed E-state index contributed by atoms with van der Waals surface area (Å²) in [5.41, 5.74) is 4.52. The fourth-order valence-electron chi connectivity index (χ4n) is 1.75. The molecule has 0 fully saturated rings. The Morgan fingerprint density at radius 3 is 2.94 bits per heavy atom. The van der Waals surface area contributed by atoms with Crippen molar-refractivity contribution in [2.45, 2.75) is 26.7 Å². The summed E-state index contributed by atoms with van der Waals surface area (Å²) >= 11 is 1.69. The molecule has 1 aromatic heterocycles. The number of hydrazone groups is 1. The van der Waals surface area contributed by atoms with Crippen molar-refractivity contribution < 1.29 is 4.79 Å². The van der Waals surface area contributed by atoms with Crippen molar-refractivity contribution in [3.63, 3.8) is 0 Å². The Labute approximate surface area is 111 Å². The Bertz CT molecular complexity index is 586. The monoisotopic (exact) mass is 260 g/mol. The quantitative estimate of drug-likeness (QED) is 0.663. The molecular formula is C14H16N2OS. The van der Waals surface area contributed by atoms with Gasteiger partial charge in [0, 0.05) is 27.5 Å². The standard InChI is InChI=1S/C14H16N2OS/c1-3-6-14(17)16-15-10(2)12-9-18-13-8-5-4-7-11(12)13/h4-5,7-9H,3,6H2,1-2H3,(H,16,17). The van der Waals surface area contributed by atoms with Crippen LogP contribution in [0.4, 0.5) is 0 Å². The van der Waals surface area contributed by atoms with E-state index in [4.69, 9.17) is 0 Å². The van der Waals surface area contributed by atoms with E-state index >= 15 is 0 Å². The van der Waals surface area contributed by atoms with Crippen LogP contribution in [0.25, 0.3) is 10.1 Å². The van der Waals surface area contributed by atoms with Gasteiger partial charge in [-0.2, -0.15) is 5.10 Å². The smallest absolute Gasteiger partial charge is 0.240 e. The van der Waals surface area contributed by atoms with Gasteiger partial charge in [-0.1, -0.05) is 25.1 Å². The van der Waals surface area contributed by atoms with E-state index < -0.39 is 0 Å². The van der Waals surface area contributed by atoms with Crippen molar-refractivity contribution in [2.75, 3.05) is 0 Å². The summed E-state index contributed by atoms with van der Waals surface area (Å²) in [4.78, 5) is 11.4. The molecule has 0 bridgehead atoms. The van der Waals surface area contributed by atoms with Gasteiger partial charge in [-0.25, -0.2) is 5.43 Å². The maximum Gasteiger partial charge on any atom is 0.240 e. The zero-order chi connectivity index (χ0) is 13.0. The number of benzene rings is 1. The molecule has 0 radical (unpaired) electrons. The third-order valence-corrected chi connectivity index (χ3v) is 3.66. The number of rotatable bonds is 4. The van der Waals surface area contributed by atoms with Crippen LogP contribution < -0.4 is 5.43 Å². The minimum Gasteiger partial charge on any atom is -0.273 e. The van der Waals surface area contributed by atoms with Crippen LogP contribution in [0.2, 0.25) is 0 Å². The highest BCUT2D eigenvalue weighted by Gasteiger charge is 2.06. The largest absolute Gasteiger partial charge is 0.273 e. The van der Waals surface area contributed by atoms with E-state index in [2.05, 4.69) is 28.0 Å². The molecule has 1 heterocycles. The van der Waals surface area contributed by atoms with Crippen molar-refractivity contribution in [3.8, 4) is 0 Å². The van der Waals surface area contributed by atoms with Gasteiger partial charge in [0.2, 0.25) is 5.91 Å². The maximum absolute atomic E-state index is 11.4. The molecule has 1 N–H and O–H groups in total. The zero-order valence-electron chi connectivity index (χ0n) is 10.6. The van der Waals surface area contributed by atoms with E-state index in [-0.39, 0.29) is 5.91 Å². The first-order valence-corrected chi connectivity index (χ1v) is 6.90. The summed E-state index contributed by atoms with van der Waals surface area (Å²) < 4.78 is 1.24. The lowest BCUT2D eigenvalue weighted by Gasteiger charge is -2.01. The number of carbonyl (C=O) groups excluding carboxylic acids is 1. The molecule has 0 aliphatic carbocycles. The van der Waals surface area contributed by atoms with Crippen molar-refractivity contribution in [2.24, 2.45) is 5.10 Å². The third kappa shape index (κ3) is 2.76. The maximum atomic E-state index is 11.4. The number of nitrogens with zero attached hydrogens (tertiary/aromatic N) is 1. The summed E-state index contributed by atoms with van der Waals surface area (Å²) in [6.07, 6.45) is 1.35. The molecular weight excluding hydrogens is 244 g/mol. The number of hydrogen-bond donors (Lipinski definition) is 1. The predicted octanol–water partition coefficient (Wildman–Crippen LogP) is 3.54. The van der Waals surface area contributed by atoms with Crippen LogP contribution in [-0.4, -0.2) is 11.6 Å². The van der Waals surface area contributed by atoms with Crippen LogP contribution in [0.5, 0.6) is 0 Å². The first-order valence-electron chi connectivity index (χ1n) is 6.02. The predicted molar refractivity (Wildman–Crippen MR) is 77.1 cm³/mol. The van der Waals surface area contributed by atoms with Gasteiger partial charge in [0.1, 0.15) is 0 Å². The van der Waals surface area contributed by atoms with E-state index in [0.717, 1.165) is 17.7 Å². The van der Waals surface area contributed by atoms with E-state index in [9.17, 15) is 4.79 Å². The highest BCUT2D eigenvalue weighted by molar-refractivity contribution is 7.17. The molecule has 18 heavy (non-hydrogen) atoms. The van der Waals surface area contributed by atoms with Gasteiger partial charge in [-0.15, -0.1) is 11.3 Å². The molecule has 3 nitrogen and oxygen atoms in total. The molecule has 0 atom stereocenters. The second kappa shape index (κ2) is 5.78. The van der Waals surface area contributed by atoms with Crippen molar-refractivity contribution in [1.29, 1.82) is 0 Å². The van der Waals surface area contributed by atoms with Gasteiger partial charge in [-0.3, -0.25) is 4.79 Å². The van der Waals surface area contributed by atoms with Gasteiger partial charge >= 0.3 is 0 Å². The fraction of sp³-hybridized carbons (Fsp3) is 0.286. The Balaban J connectivity index is 2.20. The van der Waals surface area contributed by atoms with Crippen LogP contribution in [0, 0.1) is 0 Å². The summed E-state index contributed by atoms with van der Waals surface area (Å²) in [7, 11) is 0. The summed E-state index contributed by atoms with van der Waals surface area (Å²) in [5, 5.41) is 7.43. The van der Waals surface area contributed by atoms with E-state index in [1.807, 2.05) is 26.0 Å². The molecule has 94 valence electrons. The molecule has 2 aromatic rings. The average Bonchev–Trinajstić information content (AvgIpc) is 2.80. The lowest BCUT2D eigenvalue weighted by atomic mass is 10.1. The van der Waals surface area contributed by atoms with Crippen molar-refractivity contribution in [3.05, 3.63) is 35.2 Å². The van der Waals surface area contributed by atoms with E-state index in [1.54, 1.807) is 11.3 Å². The lowest BCUT2D eigenvalue weighted by molar-refractivity contribution is -0.121. The van der Waals surface area contributed by atoms with Gasteiger partial charge in [0.15, 0.2) is 0 Å². The molecule has 4 heteroatoms. The van der Waals surface area contributed by atoms with Gasteiger partial charge in [0.25, 0.3) is 0 Å². The molecule has 0 saturated carbocycles. The second-order valence-electron chi connectivity index (χ2n) is 4.13. The molecule has 1 aromatic carbocycles. The summed E-state index contributed by atoms with van der Waals surface area (Å²) in [6.45, 7) is 3.89. The highest BCUT2D eigenvalue weighted by Crippen LogP contribution is 2.25. The normalized spacial score (nSPS) is 11.8. The number of nitrogens with one attached hydrogen (secondary N) is 1. The van der Waals surface area contributed by atoms with E-state index in [0.29, 0.717) is 6.42 Å². The topological polar surface area (TPSA) is 41.5 Å². The van der Waals surface area contributed by atoms with Crippen LogP contribution in [0.1, 0.15) is 32.3 Å². The van der Waals surface area contributed by atoms with Crippen LogP contribution in [0.3, 0.4) is 0 Å². The molecule has 2 rings (SSSR count). The number of thiophene rings is 1. The first-order chi connectivity index (χ1) is 8.72. The van der Waals surface area contributed by atoms with E-state index in [1.165, 1.54) is 10.1 Å². The number of amides is 1. The molecule has 1 amide bonds. The van der Waals surface area contributed by atoms with Crippen LogP contribution >= 0.6 is 11.3 Å². The van der Waals surface area contributed by atoms with Crippen molar-refractivity contribution in [1.82, 2.24) is 5.43 Å². The number of carbonyl (C=O) groups is 1. The summed E-state index contributed by atoms with van der Waals surface area (Å²) in [5.74, 6) is -0.0311. The van der Waals surface area contributed by atoms with Gasteiger partial charge in [-0.05, 0) is 19.4 Å². The molecule has 0 saturated heterocycles. The first kappa shape index (κ1) is 12.8. The fourth-order valence-corrected chi connectivity index (χ4v) is 2.75. The third-order valence-electron chi connectivity index (χ3n) is 2.70. The van der Waals surface area contributed by atoms with Crippen LogP contribution in [-0.2, 0) is 4.79 Å². The molecule has 0 aliphatic heterocycles. The van der Waals surface area contributed by atoms with Gasteiger partial charge < -0.3 is 0 Å². The van der Waals surface area contributed by atoms with Gasteiger partial charge in [0.05, 0.1) is 5.71 Å². The minimum absolute atomic E-state index is 0.0311. The SMILES string of the molecule is CCCC(=O)NN=C(C)c1csc2ccccc12. The minimum atomic E-state index is -0.0311. The molecule has 0 spiro atoms. The van der Waals surface area contributed by atoms with Crippen molar-refractivity contribution >= 4 is 33.0 Å². The Kier molecular flexibility index (Phi) is 4.10. The zero-order valence-corrected chi connectivity index (χ0v) is 11.4. The Hall–Kier alpha value is -1.68.